The van der Waals surface area contributed by atoms with E-state index in [0.717, 1.165) is 12.1 Å². The van der Waals surface area contributed by atoms with E-state index in [0.29, 0.717) is 6.07 Å². The maximum absolute atomic E-state index is 12.5. The van der Waals surface area contributed by atoms with Crippen LogP contribution in [-0.4, -0.2) is 26.6 Å². The number of carbonyl (C=O) groups is 1. The fourth-order valence-electron chi connectivity index (χ4n) is 1.33. The zero-order chi connectivity index (χ0) is 15.6. The number of halogens is 3. The summed E-state index contributed by atoms with van der Waals surface area (Å²) < 4.78 is 58.8. The van der Waals surface area contributed by atoms with Gasteiger partial charge in [-0.05, 0) is 18.2 Å². The van der Waals surface area contributed by atoms with Gasteiger partial charge in [0.1, 0.15) is 0 Å². The smallest absolute Gasteiger partial charge is 0.398 e. The predicted octanol–water partition coefficient (Wildman–Crippen LogP) is 0.306. The molecule has 10 heteroatoms. The second-order valence-electron chi connectivity index (χ2n) is 3.92. The number of sulfonamides is 1. The number of carbonyl (C=O) groups excluding carboxylic acids is 1. The molecule has 0 aliphatic rings. The van der Waals surface area contributed by atoms with Crippen LogP contribution in [0.1, 0.15) is 15.9 Å². The highest BCUT2D eigenvalue weighted by Crippen LogP contribution is 2.31. The van der Waals surface area contributed by atoms with Crippen molar-refractivity contribution in [3.63, 3.8) is 0 Å². The largest absolute Gasteiger partial charge is 0.416 e. The summed E-state index contributed by atoms with van der Waals surface area (Å²) in [6.07, 6.45) is -4.61. The van der Waals surface area contributed by atoms with Crippen molar-refractivity contribution in [2.45, 2.75) is 6.18 Å². The lowest BCUT2D eigenvalue weighted by atomic mass is 10.1. The molecule has 0 aliphatic heterocycles. The molecule has 0 heterocycles. The standard InChI is InChI=1S/C10H12F3N3O3S/c11-10(12,13)6-1-2-8(14)7(5-6)9(17)16-3-4-20(15,18)19/h1-2,5H,3-4,14H2,(H,16,17)(H2,15,18,19). The quantitative estimate of drug-likeness (QED) is 0.694. The summed E-state index contributed by atoms with van der Waals surface area (Å²) in [5.41, 5.74) is 3.87. The predicted molar refractivity (Wildman–Crippen MR) is 66.2 cm³/mol. The number of benzene rings is 1. The molecule has 0 spiro atoms. The third kappa shape index (κ3) is 4.70. The van der Waals surface area contributed by atoms with E-state index in [1.54, 1.807) is 0 Å². The molecule has 0 bridgehead atoms. The first-order valence-corrected chi connectivity index (χ1v) is 6.97. The van der Waals surface area contributed by atoms with Crippen LogP contribution in [0.3, 0.4) is 0 Å². The van der Waals surface area contributed by atoms with Gasteiger partial charge in [-0.3, -0.25) is 4.79 Å². The molecule has 1 aromatic rings. The van der Waals surface area contributed by atoms with Gasteiger partial charge in [0, 0.05) is 12.2 Å². The van der Waals surface area contributed by atoms with E-state index < -0.39 is 33.4 Å². The van der Waals surface area contributed by atoms with E-state index in [9.17, 15) is 26.4 Å². The zero-order valence-electron chi connectivity index (χ0n) is 10.1. The Hall–Kier alpha value is -1.81. The Bertz CT molecular complexity index is 614. The third-order valence-corrected chi connectivity index (χ3v) is 3.07. The maximum atomic E-state index is 12.5. The highest BCUT2D eigenvalue weighted by Gasteiger charge is 2.31. The van der Waals surface area contributed by atoms with E-state index in [1.165, 1.54) is 0 Å². The third-order valence-electron chi connectivity index (χ3n) is 2.30. The van der Waals surface area contributed by atoms with Crippen LogP contribution in [0.4, 0.5) is 18.9 Å². The number of anilines is 1. The Labute approximate surface area is 113 Å². The van der Waals surface area contributed by atoms with Crippen molar-refractivity contribution < 1.29 is 26.4 Å². The number of alkyl halides is 3. The lowest BCUT2D eigenvalue weighted by Crippen LogP contribution is -2.32. The summed E-state index contributed by atoms with van der Waals surface area (Å²) in [4.78, 5) is 11.6. The van der Waals surface area contributed by atoms with Gasteiger partial charge in [0.05, 0.1) is 16.9 Å². The Morgan fingerprint density at radius 1 is 1.30 bits per heavy atom. The Morgan fingerprint density at radius 2 is 1.90 bits per heavy atom. The van der Waals surface area contributed by atoms with Crippen LogP contribution in [-0.2, 0) is 16.2 Å². The second kappa shape index (κ2) is 5.67. The zero-order valence-corrected chi connectivity index (χ0v) is 10.9. The van der Waals surface area contributed by atoms with E-state index in [4.69, 9.17) is 10.9 Å². The molecule has 0 unspecified atom stereocenters. The van der Waals surface area contributed by atoms with Crippen molar-refractivity contribution in [1.82, 2.24) is 5.32 Å². The van der Waals surface area contributed by atoms with E-state index in [1.807, 2.05) is 0 Å². The summed E-state index contributed by atoms with van der Waals surface area (Å²) in [6.45, 7) is -0.326. The Kier molecular flexibility index (Phi) is 4.61. The first-order chi connectivity index (χ1) is 9.00. The summed E-state index contributed by atoms with van der Waals surface area (Å²) >= 11 is 0. The summed E-state index contributed by atoms with van der Waals surface area (Å²) in [7, 11) is -3.77. The number of nitrogen functional groups attached to an aromatic ring is 1. The molecule has 0 aliphatic carbocycles. The fourth-order valence-corrected chi connectivity index (χ4v) is 1.72. The van der Waals surface area contributed by atoms with Crippen molar-refractivity contribution in [3.05, 3.63) is 29.3 Å². The first-order valence-electron chi connectivity index (χ1n) is 5.26. The van der Waals surface area contributed by atoms with Crippen LogP contribution in [0.5, 0.6) is 0 Å². The van der Waals surface area contributed by atoms with Crippen molar-refractivity contribution in [3.8, 4) is 0 Å². The number of primary sulfonamides is 1. The van der Waals surface area contributed by atoms with Gasteiger partial charge in [-0.2, -0.15) is 13.2 Å². The number of nitrogens with one attached hydrogen (secondary N) is 1. The minimum atomic E-state index is -4.61. The van der Waals surface area contributed by atoms with Gasteiger partial charge in [-0.1, -0.05) is 0 Å². The van der Waals surface area contributed by atoms with Gasteiger partial charge in [-0.15, -0.1) is 0 Å². The van der Waals surface area contributed by atoms with Crippen LogP contribution in [0, 0.1) is 0 Å². The minimum absolute atomic E-state index is 0.147. The van der Waals surface area contributed by atoms with Gasteiger partial charge in [-0.25, -0.2) is 13.6 Å². The average Bonchev–Trinajstić information content (AvgIpc) is 2.25. The van der Waals surface area contributed by atoms with Crippen LogP contribution in [0.15, 0.2) is 18.2 Å². The van der Waals surface area contributed by atoms with Crippen LogP contribution < -0.4 is 16.2 Å². The number of hydrogen-bond acceptors (Lipinski definition) is 4. The number of nitrogens with two attached hydrogens (primary N) is 2. The molecule has 1 amide bonds. The monoisotopic (exact) mass is 311 g/mol. The van der Waals surface area contributed by atoms with Crippen molar-refractivity contribution >= 4 is 21.6 Å². The number of hydrogen-bond donors (Lipinski definition) is 3. The van der Waals surface area contributed by atoms with E-state index in [2.05, 4.69) is 5.32 Å². The molecule has 1 aromatic carbocycles. The summed E-state index contributed by atoms with van der Waals surface area (Å²) in [5, 5.41) is 6.85. The molecule has 0 fully saturated rings. The van der Waals surface area contributed by atoms with E-state index >= 15 is 0 Å². The molecule has 0 aromatic heterocycles. The van der Waals surface area contributed by atoms with Crippen molar-refractivity contribution in [2.75, 3.05) is 18.0 Å². The Balaban J connectivity index is 2.87. The van der Waals surface area contributed by atoms with Gasteiger partial charge in [0.2, 0.25) is 10.0 Å². The van der Waals surface area contributed by atoms with Gasteiger partial charge >= 0.3 is 6.18 Å². The topological polar surface area (TPSA) is 115 Å². The van der Waals surface area contributed by atoms with E-state index in [-0.39, 0.29) is 17.8 Å². The minimum Gasteiger partial charge on any atom is -0.398 e. The highest BCUT2D eigenvalue weighted by molar-refractivity contribution is 7.89. The summed E-state index contributed by atoms with van der Waals surface area (Å²) in [5.74, 6) is -1.44. The van der Waals surface area contributed by atoms with Crippen molar-refractivity contribution in [1.29, 1.82) is 0 Å². The van der Waals surface area contributed by atoms with Crippen LogP contribution in [0.25, 0.3) is 0 Å². The number of amides is 1. The molecule has 1 rings (SSSR count). The molecule has 0 radical (unpaired) electrons. The molecule has 20 heavy (non-hydrogen) atoms. The molecule has 0 saturated carbocycles. The van der Waals surface area contributed by atoms with Gasteiger partial charge < -0.3 is 11.1 Å². The molecule has 112 valence electrons. The lowest BCUT2D eigenvalue weighted by Gasteiger charge is -2.11. The molecule has 6 nitrogen and oxygen atoms in total. The molecule has 5 N–H and O–H groups in total. The average molecular weight is 311 g/mol. The molecular formula is C10H12F3N3O3S. The summed E-state index contributed by atoms with van der Waals surface area (Å²) in [6, 6.07) is 2.30. The molecular weight excluding hydrogens is 299 g/mol. The van der Waals surface area contributed by atoms with Gasteiger partial charge in [0.25, 0.3) is 5.91 Å². The van der Waals surface area contributed by atoms with Crippen LogP contribution in [0.2, 0.25) is 0 Å². The maximum Gasteiger partial charge on any atom is 0.416 e. The van der Waals surface area contributed by atoms with Gasteiger partial charge in [0.15, 0.2) is 0 Å². The molecule has 0 saturated heterocycles. The van der Waals surface area contributed by atoms with Crippen molar-refractivity contribution in [2.24, 2.45) is 5.14 Å². The fraction of sp³-hybridized carbons (Fsp3) is 0.300. The first kappa shape index (κ1) is 16.2. The normalized spacial score (nSPS) is 12.2. The molecule has 0 atom stereocenters. The highest BCUT2D eigenvalue weighted by atomic mass is 32.2. The number of rotatable bonds is 4. The Morgan fingerprint density at radius 3 is 2.40 bits per heavy atom. The lowest BCUT2D eigenvalue weighted by molar-refractivity contribution is -0.137. The SMILES string of the molecule is Nc1ccc(C(F)(F)F)cc1C(=O)NCCS(N)(=O)=O. The van der Waals surface area contributed by atoms with Crippen LogP contribution >= 0.6 is 0 Å². The second-order valence-corrected chi connectivity index (χ2v) is 5.66.